The lowest BCUT2D eigenvalue weighted by Crippen LogP contribution is -2.44. The number of hydrogen-bond acceptors (Lipinski definition) is 3. The third-order valence-corrected chi connectivity index (χ3v) is 4.57. The van der Waals surface area contributed by atoms with Gasteiger partial charge < -0.3 is 5.11 Å². The molecule has 1 fully saturated rings. The maximum atomic E-state index is 11.7. The standard InChI is InChI=1S/C9H17NO4S/c1-7-4-9(2,3)10(5-7)15(13,14)6-8(11)12/h7H,4-6H2,1-3H3,(H,11,12). The van der Waals surface area contributed by atoms with Crippen LogP contribution in [0.4, 0.5) is 0 Å². The van der Waals surface area contributed by atoms with Crippen LogP contribution < -0.4 is 0 Å². The van der Waals surface area contributed by atoms with Crippen LogP contribution in [0.25, 0.3) is 0 Å². The van der Waals surface area contributed by atoms with Crippen LogP contribution in [0.1, 0.15) is 27.2 Å². The monoisotopic (exact) mass is 235 g/mol. The highest BCUT2D eigenvalue weighted by Crippen LogP contribution is 2.34. The van der Waals surface area contributed by atoms with Gasteiger partial charge in [-0.2, -0.15) is 4.31 Å². The first-order chi connectivity index (χ1) is 6.65. The van der Waals surface area contributed by atoms with Gasteiger partial charge in [0, 0.05) is 12.1 Å². The van der Waals surface area contributed by atoms with Gasteiger partial charge in [-0.05, 0) is 26.2 Å². The van der Waals surface area contributed by atoms with E-state index in [-0.39, 0.29) is 5.92 Å². The largest absolute Gasteiger partial charge is 0.480 e. The molecule has 1 N–H and O–H groups in total. The molecule has 1 saturated heterocycles. The number of sulfonamides is 1. The number of rotatable bonds is 3. The van der Waals surface area contributed by atoms with Crippen LogP contribution in [-0.4, -0.2) is 41.6 Å². The van der Waals surface area contributed by atoms with Gasteiger partial charge in [-0.15, -0.1) is 0 Å². The van der Waals surface area contributed by atoms with E-state index in [4.69, 9.17) is 5.11 Å². The lowest BCUT2D eigenvalue weighted by Gasteiger charge is -2.29. The summed E-state index contributed by atoms with van der Waals surface area (Å²) in [7, 11) is -3.67. The number of carboxylic acids is 1. The van der Waals surface area contributed by atoms with E-state index in [0.29, 0.717) is 6.54 Å². The van der Waals surface area contributed by atoms with Crippen molar-refractivity contribution in [3.05, 3.63) is 0 Å². The number of aliphatic carboxylic acids is 1. The predicted octanol–water partition coefficient (Wildman–Crippen LogP) is 0.521. The van der Waals surface area contributed by atoms with E-state index in [1.54, 1.807) is 0 Å². The zero-order valence-electron chi connectivity index (χ0n) is 9.23. The van der Waals surface area contributed by atoms with Gasteiger partial charge in [-0.1, -0.05) is 6.92 Å². The van der Waals surface area contributed by atoms with Crippen molar-refractivity contribution in [3.8, 4) is 0 Å². The molecule has 6 heteroatoms. The molecule has 1 atom stereocenters. The lowest BCUT2D eigenvalue weighted by atomic mass is 9.99. The summed E-state index contributed by atoms with van der Waals surface area (Å²) in [5.74, 6) is -1.84. The zero-order valence-corrected chi connectivity index (χ0v) is 10.0. The molecule has 0 aromatic carbocycles. The van der Waals surface area contributed by atoms with E-state index in [1.807, 2.05) is 20.8 Å². The third-order valence-electron chi connectivity index (χ3n) is 2.64. The molecule has 1 aliphatic rings. The summed E-state index contributed by atoms with van der Waals surface area (Å²) in [6.45, 7) is 6.05. The second kappa shape index (κ2) is 3.75. The highest BCUT2D eigenvalue weighted by molar-refractivity contribution is 7.89. The van der Waals surface area contributed by atoms with Crippen molar-refractivity contribution in [1.29, 1.82) is 0 Å². The van der Waals surface area contributed by atoms with Gasteiger partial charge in [-0.3, -0.25) is 4.79 Å². The molecular formula is C9H17NO4S. The predicted molar refractivity (Wildman–Crippen MR) is 56.0 cm³/mol. The summed E-state index contributed by atoms with van der Waals surface area (Å²) in [6, 6.07) is 0. The molecule has 1 aliphatic heterocycles. The molecule has 88 valence electrons. The van der Waals surface area contributed by atoms with E-state index in [9.17, 15) is 13.2 Å². The van der Waals surface area contributed by atoms with Crippen LogP contribution in [-0.2, 0) is 14.8 Å². The Balaban J connectivity index is 2.93. The van der Waals surface area contributed by atoms with Gasteiger partial charge in [0.1, 0.15) is 0 Å². The van der Waals surface area contributed by atoms with Gasteiger partial charge in [0.15, 0.2) is 5.75 Å². The van der Waals surface area contributed by atoms with Crippen molar-refractivity contribution in [2.45, 2.75) is 32.7 Å². The summed E-state index contributed by atoms with van der Waals surface area (Å²) in [5.41, 5.74) is -0.465. The first-order valence-electron chi connectivity index (χ1n) is 4.87. The minimum Gasteiger partial charge on any atom is -0.480 e. The van der Waals surface area contributed by atoms with Gasteiger partial charge in [0.2, 0.25) is 10.0 Å². The fraction of sp³-hybridized carbons (Fsp3) is 0.889. The molecule has 0 saturated carbocycles. The molecule has 0 aromatic rings. The summed E-state index contributed by atoms with van der Waals surface area (Å²) in [5, 5.41) is 8.54. The Hall–Kier alpha value is -0.620. The summed E-state index contributed by atoms with van der Waals surface area (Å²) in [4.78, 5) is 10.5. The third kappa shape index (κ3) is 2.69. The minimum absolute atomic E-state index is 0.281. The highest BCUT2D eigenvalue weighted by Gasteiger charge is 2.43. The maximum absolute atomic E-state index is 11.7. The Labute approximate surface area is 90.1 Å². The van der Waals surface area contributed by atoms with Crippen LogP contribution in [0.5, 0.6) is 0 Å². The first-order valence-corrected chi connectivity index (χ1v) is 6.48. The number of nitrogens with zero attached hydrogens (tertiary/aromatic N) is 1. The minimum atomic E-state index is -3.67. The molecule has 5 nitrogen and oxygen atoms in total. The number of hydrogen-bond donors (Lipinski definition) is 1. The average molecular weight is 235 g/mol. The van der Waals surface area contributed by atoms with Crippen molar-refractivity contribution in [3.63, 3.8) is 0 Å². The van der Waals surface area contributed by atoms with E-state index < -0.39 is 27.3 Å². The summed E-state index contributed by atoms with van der Waals surface area (Å²) >= 11 is 0. The summed E-state index contributed by atoms with van der Waals surface area (Å²) in [6.07, 6.45) is 0.770. The zero-order chi connectivity index (χ0) is 11.9. The summed E-state index contributed by atoms with van der Waals surface area (Å²) < 4.78 is 24.8. The van der Waals surface area contributed by atoms with E-state index in [1.165, 1.54) is 4.31 Å². The lowest BCUT2D eigenvalue weighted by molar-refractivity contribution is -0.134. The normalized spacial score (nSPS) is 26.7. The molecule has 0 aliphatic carbocycles. The van der Waals surface area contributed by atoms with E-state index >= 15 is 0 Å². The van der Waals surface area contributed by atoms with Crippen molar-refractivity contribution >= 4 is 16.0 Å². The van der Waals surface area contributed by atoms with Crippen LogP contribution in [0.15, 0.2) is 0 Å². The Morgan fingerprint density at radius 3 is 2.40 bits per heavy atom. The average Bonchev–Trinajstić information content (AvgIpc) is 2.21. The molecule has 1 unspecified atom stereocenters. The topological polar surface area (TPSA) is 74.7 Å². The van der Waals surface area contributed by atoms with Crippen molar-refractivity contribution < 1.29 is 18.3 Å². The Morgan fingerprint density at radius 2 is 2.07 bits per heavy atom. The molecule has 15 heavy (non-hydrogen) atoms. The van der Waals surface area contributed by atoms with Gasteiger partial charge in [0.05, 0.1) is 0 Å². The fourth-order valence-electron chi connectivity index (χ4n) is 2.27. The van der Waals surface area contributed by atoms with Gasteiger partial charge in [0.25, 0.3) is 0 Å². The smallest absolute Gasteiger partial charge is 0.320 e. The molecule has 0 spiro atoms. The van der Waals surface area contributed by atoms with Gasteiger partial charge >= 0.3 is 5.97 Å². The van der Waals surface area contributed by atoms with Gasteiger partial charge in [-0.25, -0.2) is 8.42 Å². The van der Waals surface area contributed by atoms with Crippen LogP contribution in [0.3, 0.4) is 0 Å². The molecule has 0 radical (unpaired) electrons. The molecule has 1 heterocycles. The molecular weight excluding hydrogens is 218 g/mol. The number of carbonyl (C=O) groups is 1. The van der Waals surface area contributed by atoms with Crippen molar-refractivity contribution in [2.75, 3.05) is 12.3 Å². The SMILES string of the molecule is CC1CN(S(=O)(=O)CC(=O)O)C(C)(C)C1. The van der Waals surface area contributed by atoms with Crippen molar-refractivity contribution in [2.24, 2.45) is 5.92 Å². The molecule has 0 amide bonds. The molecule has 0 bridgehead atoms. The van der Waals surface area contributed by atoms with Crippen LogP contribution in [0, 0.1) is 5.92 Å². The van der Waals surface area contributed by atoms with E-state index in [2.05, 4.69) is 0 Å². The van der Waals surface area contributed by atoms with Crippen LogP contribution in [0.2, 0.25) is 0 Å². The first kappa shape index (κ1) is 12.4. The van der Waals surface area contributed by atoms with Crippen LogP contribution >= 0.6 is 0 Å². The molecule has 1 rings (SSSR count). The molecule has 0 aromatic heterocycles. The Kier molecular flexibility index (Phi) is 3.11. The highest BCUT2D eigenvalue weighted by atomic mass is 32.2. The fourth-order valence-corrected chi connectivity index (χ4v) is 4.05. The van der Waals surface area contributed by atoms with Crippen molar-refractivity contribution in [1.82, 2.24) is 4.31 Å². The quantitative estimate of drug-likeness (QED) is 0.774. The maximum Gasteiger partial charge on any atom is 0.320 e. The second-order valence-electron chi connectivity index (χ2n) is 4.80. The Morgan fingerprint density at radius 1 is 1.53 bits per heavy atom. The number of carboxylic acid groups (broad SMARTS) is 1. The second-order valence-corrected chi connectivity index (χ2v) is 6.70. The van der Waals surface area contributed by atoms with E-state index in [0.717, 1.165) is 6.42 Å². The Bertz CT molecular complexity index is 360.